The third-order valence-electron chi connectivity index (χ3n) is 3.69. The first-order chi connectivity index (χ1) is 11.6. The minimum absolute atomic E-state index is 0.213. The summed E-state index contributed by atoms with van der Waals surface area (Å²) in [5, 5.41) is 20.0. The van der Waals surface area contributed by atoms with Crippen LogP contribution in [0.15, 0.2) is 54.9 Å². The minimum atomic E-state index is -0.882. The van der Waals surface area contributed by atoms with Gasteiger partial charge in [0, 0.05) is 16.1 Å². The second kappa shape index (κ2) is 7.36. The fourth-order valence-electron chi connectivity index (χ4n) is 2.58. The van der Waals surface area contributed by atoms with Gasteiger partial charge in [0.25, 0.3) is 0 Å². The van der Waals surface area contributed by atoms with Gasteiger partial charge >= 0.3 is 0 Å². The third kappa shape index (κ3) is 3.47. The maximum Gasteiger partial charge on any atom is 0.0963 e. The molecule has 2 aromatic carbocycles. The zero-order valence-corrected chi connectivity index (χ0v) is 14.2. The fourth-order valence-corrected chi connectivity index (χ4v) is 3.07. The first kappa shape index (κ1) is 17.0. The lowest BCUT2D eigenvalue weighted by Gasteiger charge is -2.14. The molecule has 2 N–H and O–H groups in total. The van der Waals surface area contributed by atoms with Gasteiger partial charge in [0.2, 0.25) is 0 Å². The summed E-state index contributed by atoms with van der Waals surface area (Å²) in [4.78, 5) is 4.49. The van der Waals surface area contributed by atoms with E-state index in [1.165, 1.54) is 0 Å². The van der Waals surface area contributed by atoms with Crippen LogP contribution in [0.5, 0.6) is 0 Å². The van der Waals surface area contributed by atoms with E-state index in [4.69, 9.17) is 28.3 Å². The van der Waals surface area contributed by atoms with E-state index in [1.807, 2.05) is 36.4 Å². The highest BCUT2D eigenvalue weighted by atomic mass is 35.5. The van der Waals surface area contributed by atoms with Crippen LogP contribution < -0.4 is 0 Å². The average Bonchev–Trinajstić information content (AvgIpc) is 2.99. The number of aromatic nitrogens is 2. The van der Waals surface area contributed by atoms with E-state index in [2.05, 4.69) is 4.98 Å². The Morgan fingerprint density at radius 1 is 1.08 bits per heavy atom. The van der Waals surface area contributed by atoms with Gasteiger partial charge in [0.15, 0.2) is 0 Å². The summed E-state index contributed by atoms with van der Waals surface area (Å²) >= 11 is 12.4. The molecule has 24 heavy (non-hydrogen) atoms. The van der Waals surface area contributed by atoms with E-state index in [0.29, 0.717) is 10.0 Å². The van der Waals surface area contributed by atoms with Crippen molar-refractivity contribution < 1.29 is 10.2 Å². The Morgan fingerprint density at radius 2 is 1.83 bits per heavy atom. The minimum Gasteiger partial charge on any atom is -0.394 e. The van der Waals surface area contributed by atoms with Crippen LogP contribution in [0.3, 0.4) is 0 Å². The number of aliphatic hydroxyl groups is 2. The van der Waals surface area contributed by atoms with Gasteiger partial charge in [-0.05, 0) is 18.2 Å². The molecule has 1 aromatic heterocycles. The van der Waals surface area contributed by atoms with Crippen molar-refractivity contribution in [1.29, 1.82) is 0 Å². The monoisotopic (exact) mass is 362 g/mol. The van der Waals surface area contributed by atoms with E-state index in [0.717, 1.165) is 22.5 Å². The van der Waals surface area contributed by atoms with Crippen molar-refractivity contribution >= 4 is 23.2 Å². The highest BCUT2D eigenvalue weighted by Gasteiger charge is 2.19. The van der Waals surface area contributed by atoms with E-state index in [9.17, 15) is 5.11 Å². The Hall–Kier alpha value is -1.85. The summed E-state index contributed by atoms with van der Waals surface area (Å²) in [6, 6.07) is 15.0. The van der Waals surface area contributed by atoms with Gasteiger partial charge < -0.3 is 14.8 Å². The summed E-state index contributed by atoms with van der Waals surface area (Å²) in [6.07, 6.45) is 0.759. The lowest BCUT2D eigenvalue weighted by molar-refractivity contribution is 0.0815. The molecule has 3 rings (SSSR count). The van der Waals surface area contributed by atoms with Crippen LogP contribution in [-0.2, 0) is 6.54 Å². The molecular weight excluding hydrogens is 347 g/mol. The summed E-state index contributed by atoms with van der Waals surface area (Å²) in [7, 11) is 0. The van der Waals surface area contributed by atoms with Gasteiger partial charge in [0.1, 0.15) is 0 Å². The molecule has 0 aliphatic rings. The molecule has 0 saturated heterocycles. The van der Waals surface area contributed by atoms with Crippen molar-refractivity contribution in [1.82, 2.24) is 9.55 Å². The maximum atomic E-state index is 9.82. The van der Waals surface area contributed by atoms with Crippen molar-refractivity contribution in [2.24, 2.45) is 0 Å². The fraction of sp³-hybridized carbons (Fsp3) is 0.167. The number of aliphatic hydroxyl groups excluding tert-OH is 2. The van der Waals surface area contributed by atoms with Crippen molar-refractivity contribution in [3.8, 4) is 22.5 Å². The summed E-state index contributed by atoms with van der Waals surface area (Å²) < 4.78 is 1.79. The smallest absolute Gasteiger partial charge is 0.0963 e. The SMILES string of the molecule is OCC(O)Cn1cnc(-c2ccccc2)c1-c1ccc(Cl)cc1Cl. The Morgan fingerprint density at radius 3 is 2.50 bits per heavy atom. The Labute approximate surface area is 149 Å². The number of rotatable bonds is 5. The molecule has 1 atom stereocenters. The lowest BCUT2D eigenvalue weighted by Crippen LogP contribution is -2.19. The second-order valence-electron chi connectivity index (χ2n) is 5.42. The van der Waals surface area contributed by atoms with Crippen LogP contribution in [0.1, 0.15) is 0 Å². The van der Waals surface area contributed by atoms with Crippen LogP contribution in [0.25, 0.3) is 22.5 Å². The van der Waals surface area contributed by atoms with Gasteiger partial charge in [-0.3, -0.25) is 0 Å². The zero-order chi connectivity index (χ0) is 17.1. The average molecular weight is 363 g/mol. The van der Waals surface area contributed by atoms with Crippen molar-refractivity contribution in [3.63, 3.8) is 0 Å². The van der Waals surface area contributed by atoms with Gasteiger partial charge in [-0.1, -0.05) is 53.5 Å². The van der Waals surface area contributed by atoms with Crippen molar-refractivity contribution in [3.05, 3.63) is 64.9 Å². The molecule has 0 radical (unpaired) electrons. The van der Waals surface area contributed by atoms with Crippen molar-refractivity contribution in [2.75, 3.05) is 6.61 Å². The summed E-state index contributed by atoms with van der Waals surface area (Å²) in [5.74, 6) is 0. The van der Waals surface area contributed by atoms with Gasteiger partial charge in [0.05, 0.1) is 42.0 Å². The molecule has 0 saturated carbocycles. The standard InChI is InChI=1S/C18H16Cl2N2O2/c19-13-6-7-15(16(20)8-13)18-17(12-4-2-1-3-5-12)21-11-22(18)9-14(24)10-23/h1-8,11,14,23-24H,9-10H2. The van der Waals surface area contributed by atoms with Crippen LogP contribution in [-0.4, -0.2) is 32.5 Å². The molecule has 0 fully saturated rings. The number of imidazole rings is 1. The summed E-state index contributed by atoms with van der Waals surface area (Å²) in [6.45, 7) is -0.114. The predicted octanol–water partition coefficient (Wildman–Crippen LogP) is 3.88. The number of hydrogen-bond acceptors (Lipinski definition) is 3. The summed E-state index contributed by atoms with van der Waals surface area (Å²) in [5.41, 5.74) is 3.23. The molecule has 0 aliphatic heterocycles. The number of nitrogens with zero attached hydrogens (tertiary/aromatic N) is 2. The number of halogens is 2. The van der Waals surface area contributed by atoms with E-state index >= 15 is 0 Å². The van der Waals surface area contributed by atoms with Crippen LogP contribution in [0.4, 0.5) is 0 Å². The maximum absolute atomic E-state index is 9.82. The van der Waals surface area contributed by atoms with Gasteiger partial charge in [-0.25, -0.2) is 4.98 Å². The number of benzene rings is 2. The van der Waals surface area contributed by atoms with Crippen molar-refractivity contribution in [2.45, 2.75) is 12.6 Å². The van der Waals surface area contributed by atoms with Crippen LogP contribution in [0.2, 0.25) is 10.0 Å². The number of hydrogen-bond donors (Lipinski definition) is 2. The molecule has 4 nitrogen and oxygen atoms in total. The Bertz CT molecular complexity index is 834. The van der Waals surface area contributed by atoms with Gasteiger partial charge in [-0.2, -0.15) is 0 Å². The first-order valence-electron chi connectivity index (χ1n) is 7.45. The molecule has 124 valence electrons. The molecule has 0 spiro atoms. The van der Waals surface area contributed by atoms with Crippen LogP contribution in [0, 0.1) is 0 Å². The van der Waals surface area contributed by atoms with E-state index in [1.54, 1.807) is 23.0 Å². The van der Waals surface area contributed by atoms with Crippen LogP contribution >= 0.6 is 23.2 Å². The molecule has 1 unspecified atom stereocenters. The van der Waals surface area contributed by atoms with E-state index in [-0.39, 0.29) is 13.2 Å². The topological polar surface area (TPSA) is 58.3 Å². The lowest BCUT2D eigenvalue weighted by atomic mass is 10.0. The second-order valence-corrected chi connectivity index (χ2v) is 6.26. The highest BCUT2D eigenvalue weighted by Crippen LogP contribution is 2.36. The predicted molar refractivity (Wildman–Crippen MR) is 96.2 cm³/mol. The third-order valence-corrected chi connectivity index (χ3v) is 4.24. The molecule has 1 heterocycles. The Kier molecular flexibility index (Phi) is 5.21. The molecule has 6 heteroatoms. The quantitative estimate of drug-likeness (QED) is 0.723. The first-order valence-corrected chi connectivity index (χ1v) is 8.20. The Balaban J connectivity index is 2.17. The van der Waals surface area contributed by atoms with E-state index < -0.39 is 6.10 Å². The highest BCUT2D eigenvalue weighted by molar-refractivity contribution is 6.36. The van der Waals surface area contributed by atoms with Gasteiger partial charge in [-0.15, -0.1) is 0 Å². The molecule has 0 amide bonds. The largest absolute Gasteiger partial charge is 0.394 e. The normalized spacial score (nSPS) is 12.3. The molecule has 0 aliphatic carbocycles. The molecular formula is C18H16Cl2N2O2. The molecule has 3 aromatic rings. The molecule has 0 bridgehead atoms. The zero-order valence-electron chi connectivity index (χ0n) is 12.7.